The average Bonchev–Trinajstić information content (AvgIpc) is 2.01. The van der Waals surface area contributed by atoms with Gasteiger partial charge in [0.1, 0.15) is 17.1 Å². The van der Waals surface area contributed by atoms with Crippen molar-refractivity contribution in [2.75, 3.05) is 0 Å². The topological polar surface area (TPSA) is 83.8 Å². The summed E-state index contributed by atoms with van der Waals surface area (Å²) in [5.74, 6) is -1.52. The third-order valence-corrected chi connectivity index (χ3v) is 1.67. The molecule has 74 valence electrons. The maximum absolute atomic E-state index is 10.8. The molecule has 0 bridgehead atoms. The molecule has 5 heteroatoms. The molecule has 0 aromatic heterocycles. The van der Waals surface area contributed by atoms with E-state index in [9.17, 15) is 9.59 Å². The molecule has 1 rings (SSSR count). The molecule has 14 heavy (non-hydrogen) atoms. The number of phenolic OH excluding ortho intramolecular Hbond substituents is 1. The largest absolute Gasteiger partial charge is 0.508 e. The lowest BCUT2D eigenvalue weighted by atomic mass is 10.1. The van der Waals surface area contributed by atoms with Crippen LogP contribution < -0.4 is 4.74 Å². The first kappa shape index (κ1) is 10.0. The van der Waals surface area contributed by atoms with E-state index in [4.69, 9.17) is 10.2 Å². The molecule has 0 aliphatic rings. The number of carboxylic acid groups (broad SMARTS) is 1. The van der Waals surface area contributed by atoms with Crippen molar-refractivity contribution in [2.24, 2.45) is 0 Å². The number of aromatic carboxylic acids is 1. The SMILES string of the molecule is Cc1cc(O)cc(OC=O)c1C(=O)O. The van der Waals surface area contributed by atoms with Crippen molar-refractivity contribution in [1.82, 2.24) is 0 Å². The Bertz CT molecular complexity index is 383. The lowest BCUT2D eigenvalue weighted by Gasteiger charge is -2.06. The van der Waals surface area contributed by atoms with Crippen LogP contribution in [0.1, 0.15) is 15.9 Å². The highest BCUT2D eigenvalue weighted by Crippen LogP contribution is 2.27. The van der Waals surface area contributed by atoms with E-state index in [-0.39, 0.29) is 23.5 Å². The predicted octanol–water partition coefficient (Wildman–Crippen LogP) is 0.934. The highest BCUT2D eigenvalue weighted by atomic mass is 16.5. The minimum atomic E-state index is -1.21. The fraction of sp³-hybridized carbons (Fsp3) is 0.111. The first-order chi connectivity index (χ1) is 6.56. The van der Waals surface area contributed by atoms with Gasteiger partial charge in [0.15, 0.2) is 0 Å². The molecule has 0 aliphatic heterocycles. The molecule has 0 heterocycles. The zero-order chi connectivity index (χ0) is 10.7. The summed E-state index contributed by atoms with van der Waals surface area (Å²) in [5, 5.41) is 17.9. The first-order valence-electron chi connectivity index (χ1n) is 3.73. The zero-order valence-electron chi connectivity index (χ0n) is 7.35. The Labute approximate surface area is 79.6 Å². The van der Waals surface area contributed by atoms with Crippen LogP contribution in [-0.4, -0.2) is 22.7 Å². The van der Waals surface area contributed by atoms with E-state index < -0.39 is 5.97 Å². The molecule has 0 fully saturated rings. The molecule has 0 saturated heterocycles. The summed E-state index contributed by atoms with van der Waals surface area (Å²) in [6, 6.07) is 2.35. The number of hydrogen-bond acceptors (Lipinski definition) is 4. The summed E-state index contributed by atoms with van der Waals surface area (Å²) in [5.41, 5.74) is 0.198. The van der Waals surface area contributed by atoms with Crippen molar-refractivity contribution in [1.29, 1.82) is 0 Å². The van der Waals surface area contributed by atoms with Crippen LogP contribution in [0.5, 0.6) is 11.5 Å². The van der Waals surface area contributed by atoms with Crippen molar-refractivity contribution < 1.29 is 24.5 Å². The van der Waals surface area contributed by atoms with Crippen LogP contribution in [0.2, 0.25) is 0 Å². The zero-order valence-corrected chi connectivity index (χ0v) is 7.35. The number of ether oxygens (including phenoxy) is 1. The monoisotopic (exact) mass is 196 g/mol. The van der Waals surface area contributed by atoms with Crippen molar-refractivity contribution in [3.05, 3.63) is 23.3 Å². The number of carbonyl (C=O) groups is 2. The number of aryl methyl sites for hydroxylation is 1. The molecule has 2 N–H and O–H groups in total. The van der Waals surface area contributed by atoms with Crippen molar-refractivity contribution in [3.8, 4) is 11.5 Å². The molecule has 5 nitrogen and oxygen atoms in total. The molecule has 0 saturated carbocycles. The first-order valence-corrected chi connectivity index (χ1v) is 3.73. The van der Waals surface area contributed by atoms with Crippen LogP contribution in [-0.2, 0) is 4.79 Å². The van der Waals surface area contributed by atoms with Crippen LogP contribution in [0.15, 0.2) is 12.1 Å². The van der Waals surface area contributed by atoms with Crippen molar-refractivity contribution in [2.45, 2.75) is 6.92 Å². The van der Waals surface area contributed by atoms with Crippen LogP contribution >= 0.6 is 0 Å². The lowest BCUT2D eigenvalue weighted by Crippen LogP contribution is -2.04. The molecule has 0 spiro atoms. The Morgan fingerprint density at radius 2 is 2.14 bits per heavy atom. The molecule has 1 aromatic carbocycles. The number of aromatic hydroxyl groups is 1. The molecule has 0 aliphatic carbocycles. The Kier molecular flexibility index (Phi) is 2.71. The van der Waals surface area contributed by atoms with Gasteiger partial charge in [-0.25, -0.2) is 4.79 Å². The van der Waals surface area contributed by atoms with Gasteiger partial charge in [0, 0.05) is 6.07 Å². The molecule has 0 radical (unpaired) electrons. The molecule has 0 atom stereocenters. The number of benzene rings is 1. The van der Waals surface area contributed by atoms with Gasteiger partial charge in [-0.3, -0.25) is 4.79 Å². The molecular formula is C9H8O5. The van der Waals surface area contributed by atoms with E-state index in [1.807, 2.05) is 0 Å². The molecule has 0 amide bonds. The third kappa shape index (κ3) is 1.82. The number of carboxylic acids is 1. The fourth-order valence-corrected chi connectivity index (χ4v) is 1.16. The van der Waals surface area contributed by atoms with Crippen LogP contribution in [0.4, 0.5) is 0 Å². The van der Waals surface area contributed by atoms with Gasteiger partial charge in [-0.2, -0.15) is 0 Å². The number of hydrogen-bond donors (Lipinski definition) is 2. The fourth-order valence-electron chi connectivity index (χ4n) is 1.16. The second-order valence-corrected chi connectivity index (χ2v) is 2.66. The second kappa shape index (κ2) is 3.78. The standard InChI is InChI=1S/C9H8O5/c1-5-2-6(11)3-7(14-4-10)8(5)9(12)13/h2-4,11H,1H3,(H,12,13). The van der Waals surface area contributed by atoms with Crippen LogP contribution in [0.25, 0.3) is 0 Å². The van der Waals surface area contributed by atoms with Gasteiger partial charge >= 0.3 is 5.97 Å². The highest BCUT2D eigenvalue weighted by molar-refractivity contribution is 5.93. The normalized spacial score (nSPS) is 9.50. The molecule has 1 aromatic rings. The van der Waals surface area contributed by atoms with Gasteiger partial charge in [0.25, 0.3) is 6.47 Å². The Morgan fingerprint density at radius 3 is 2.64 bits per heavy atom. The van der Waals surface area contributed by atoms with Crippen molar-refractivity contribution >= 4 is 12.4 Å². The molecule has 0 unspecified atom stereocenters. The van der Waals surface area contributed by atoms with E-state index in [1.54, 1.807) is 0 Å². The Morgan fingerprint density at radius 1 is 1.50 bits per heavy atom. The summed E-state index contributed by atoms with van der Waals surface area (Å²) >= 11 is 0. The lowest BCUT2D eigenvalue weighted by molar-refractivity contribution is -0.120. The van der Waals surface area contributed by atoms with Crippen LogP contribution in [0.3, 0.4) is 0 Å². The number of carbonyl (C=O) groups excluding carboxylic acids is 1. The average molecular weight is 196 g/mol. The third-order valence-electron chi connectivity index (χ3n) is 1.67. The Hall–Kier alpha value is -2.04. The number of rotatable bonds is 3. The van der Waals surface area contributed by atoms with Gasteiger partial charge in [0.05, 0.1) is 0 Å². The van der Waals surface area contributed by atoms with Gasteiger partial charge in [-0.1, -0.05) is 0 Å². The minimum Gasteiger partial charge on any atom is -0.508 e. The van der Waals surface area contributed by atoms with E-state index >= 15 is 0 Å². The summed E-state index contributed by atoms with van der Waals surface area (Å²) in [6.45, 7) is 1.61. The van der Waals surface area contributed by atoms with Gasteiger partial charge in [-0.05, 0) is 18.6 Å². The smallest absolute Gasteiger partial charge is 0.339 e. The highest BCUT2D eigenvalue weighted by Gasteiger charge is 2.15. The van der Waals surface area contributed by atoms with E-state index in [0.717, 1.165) is 6.07 Å². The maximum Gasteiger partial charge on any atom is 0.339 e. The van der Waals surface area contributed by atoms with E-state index in [2.05, 4.69) is 4.74 Å². The quantitative estimate of drug-likeness (QED) is 0.702. The predicted molar refractivity (Wildman–Crippen MR) is 46.5 cm³/mol. The van der Waals surface area contributed by atoms with E-state index in [1.165, 1.54) is 13.0 Å². The summed E-state index contributed by atoms with van der Waals surface area (Å²) < 4.78 is 4.44. The Balaban J connectivity index is 3.35. The van der Waals surface area contributed by atoms with E-state index in [0.29, 0.717) is 5.56 Å². The maximum atomic E-state index is 10.8. The van der Waals surface area contributed by atoms with Crippen molar-refractivity contribution in [3.63, 3.8) is 0 Å². The minimum absolute atomic E-state index is 0.112. The molecular weight excluding hydrogens is 188 g/mol. The van der Waals surface area contributed by atoms with Crippen LogP contribution in [0, 0.1) is 6.92 Å². The summed E-state index contributed by atoms with van der Waals surface area (Å²) in [6.07, 6.45) is 0. The number of phenols is 1. The van der Waals surface area contributed by atoms with Gasteiger partial charge in [-0.15, -0.1) is 0 Å². The summed E-state index contributed by atoms with van der Waals surface area (Å²) in [4.78, 5) is 20.8. The second-order valence-electron chi connectivity index (χ2n) is 2.66. The van der Waals surface area contributed by atoms with Gasteiger partial charge in [0.2, 0.25) is 0 Å². The van der Waals surface area contributed by atoms with Gasteiger partial charge < -0.3 is 14.9 Å². The summed E-state index contributed by atoms with van der Waals surface area (Å²) in [7, 11) is 0.